The Morgan fingerprint density at radius 1 is 1.22 bits per heavy atom. The van der Waals surface area contributed by atoms with Crippen LogP contribution < -0.4 is 10.0 Å². The highest BCUT2D eigenvalue weighted by Crippen LogP contribution is 2.14. The number of amides is 1. The van der Waals surface area contributed by atoms with Crippen LogP contribution in [0.15, 0.2) is 29.2 Å². The van der Waals surface area contributed by atoms with Crippen LogP contribution in [0.4, 0.5) is 0 Å². The molecule has 1 aromatic carbocycles. The van der Waals surface area contributed by atoms with E-state index in [9.17, 15) is 18.0 Å². The SMILES string of the molecule is CCOC(=O)CCNC(=O)CCNS(=O)(=O)c1cccc(Cl)c1. The molecule has 0 aliphatic rings. The molecule has 23 heavy (non-hydrogen) atoms. The van der Waals surface area contributed by atoms with Crippen molar-refractivity contribution in [1.29, 1.82) is 0 Å². The van der Waals surface area contributed by atoms with Crippen molar-refractivity contribution < 1.29 is 22.7 Å². The number of nitrogens with one attached hydrogen (secondary N) is 2. The van der Waals surface area contributed by atoms with Gasteiger partial charge in [-0.25, -0.2) is 13.1 Å². The fraction of sp³-hybridized carbons (Fsp3) is 0.429. The van der Waals surface area contributed by atoms with Crippen LogP contribution in [0.3, 0.4) is 0 Å². The predicted octanol–water partition coefficient (Wildman–Crippen LogP) is 1.08. The fourth-order valence-electron chi connectivity index (χ4n) is 1.64. The van der Waals surface area contributed by atoms with Crippen LogP contribution in [0, 0.1) is 0 Å². The van der Waals surface area contributed by atoms with Gasteiger partial charge in [0.15, 0.2) is 0 Å². The summed E-state index contributed by atoms with van der Waals surface area (Å²) in [6.45, 7) is 2.08. The van der Waals surface area contributed by atoms with E-state index >= 15 is 0 Å². The molecule has 0 bridgehead atoms. The summed E-state index contributed by atoms with van der Waals surface area (Å²) >= 11 is 5.75. The molecule has 0 heterocycles. The third-order valence-electron chi connectivity index (χ3n) is 2.71. The maximum Gasteiger partial charge on any atom is 0.307 e. The molecule has 2 N–H and O–H groups in total. The second-order valence-electron chi connectivity index (χ2n) is 4.51. The standard InChI is InChI=1S/C14H19ClN2O5S/c1-2-22-14(19)7-8-16-13(18)6-9-17-23(20,21)12-5-3-4-11(15)10-12/h3-5,10,17H,2,6-9H2,1H3,(H,16,18). The lowest BCUT2D eigenvalue weighted by Crippen LogP contribution is -2.32. The van der Waals surface area contributed by atoms with E-state index in [1.807, 2.05) is 0 Å². The van der Waals surface area contributed by atoms with E-state index in [1.165, 1.54) is 18.2 Å². The van der Waals surface area contributed by atoms with Gasteiger partial charge in [-0.2, -0.15) is 0 Å². The summed E-state index contributed by atoms with van der Waals surface area (Å²) in [4.78, 5) is 22.7. The topological polar surface area (TPSA) is 102 Å². The van der Waals surface area contributed by atoms with Crippen LogP contribution in [0.2, 0.25) is 5.02 Å². The second-order valence-corrected chi connectivity index (χ2v) is 6.71. The van der Waals surface area contributed by atoms with Crippen molar-refractivity contribution in [2.75, 3.05) is 19.7 Å². The van der Waals surface area contributed by atoms with Gasteiger partial charge in [-0.3, -0.25) is 9.59 Å². The van der Waals surface area contributed by atoms with Gasteiger partial charge >= 0.3 is 5.97 Å². The Balaban J connectivity index is 2.33. The van der Waals surface area contributed by atoms with E-state index in [2.05, 4.69) is 10.0 Å². The Morgan fingerprint density at radius 2 is 1.96 bits per heavy atom. The number of halogens is 1. The van der Waals surface area contributed by atoms with E-state index in [0.717, 1.165) is 0 Å². The molecule has 0 atom stereocenters. The molecule has 7 nitrogen and oxygen atoms in total. The number of hydrogen-bond donors (Lipinski definition) is 2. The minimum atomic E-state index is -3.71. The predicted molar refractivity (Wildman–Crippen MR) is 85.5 cm³/mol. The molecule has 0 saturated heterocycles. The number of benzene rings is 1. The quantitative estimate of drug-likeness (QED) is 0.640. The molecule has 0 aliphatic heterocycles. The maximum atomic E-state index is 12.0. The van der Waals surface area contributed by atoms with E-state index in [0.29, 0.717) is 5.02 Å². The van der Waals surface area contributed by atoms with Crippen molar-refractivity contribution in [2.45, 2.75) is 24.7 Å². The van der Waals surface area contributed by atoms with Gasteiger partial charge in [0.2, 0.25) is 15.9 Å². The summed E-state index contributed by atoms with van der Waals surface area (Å²) in [6.07, 6.45) is 0.0381. The fourth-order valence-corrected chi connectivity index (χ4v) is 2.97. The molecule has 9 heteroatoms. The molecule has 0 radical (unpaired) electrons. The second kappa shape index (κ2) is 9.49. The monoisotopic (exact) mass is 362 g/mol. The summed E-state index contributed by atoms with van der Waals surface area (Å²) < 4.78 is 31.0. The normalized spacial score (nSPS) is 11.0. The van der Waals surface area contributed by atoms with Gasteiger partial charge in [0, 0.05) is 24.5 Å². The summed E-state index contributed by atoms with van der Waals surface area (Å²) in [5.74, 6) is -0.752. The Labute approximate surface area is 140 Å². The van der Waals surface area contributed by atoms with Crippen molar-refractivity contribution in [3.63, 3.8) is 0 Å². The number of hydrogen-bond acceptors (Lipinski definition) is 5. The molecule has 0 aliphatic carbocycles. The number of esters is 1. The number of sulfonamides is 1. The molecular weight excluding hydrogens is 344 g/mol. The van der Waals surface area contributed by atoms with Crippen LogP contribution in [0.5, 0.6) is 0 Å². The van der Waals surface area contributed by atoms with Crippen LogP contribution in [0.25, 0.3) is 0 Å². The van der Waals surface area contributed by atoms with E-state index in [-0.39, 0.29) is 43.3 Å². The van der Waals surface area contributed by atoms with Crippen molar-refractivity contribution >= 4 is 33.5 Å². The van der Waals surface area contributed by atoms with Gasteiger partial charge in [-0.15, -0.1) is 0 Å². The molecule has 1 aromatic rings. The van der Waals surface area contributed by atoms with Gasteiger partial charge in [0.1, 0.15) is 0 Å². The van der Waals surface area contributed by atoms with E-state index < -0.39 is 16.0 Å². The lowest BCUT2D eigenvalue weighted by molar-refractivity contribution is -0.143. The summed E-state index contributed by atoms with van der Waals surface area (Å²) in [5, 5.41) is 2.82. The Bertz CT molecular complexity index is 648. The first kappa shape index (κ1) is 19.4. The summed E-state index contributed by atoms with van der Waals surface area (Å²) in [6, 6.07) is 5.83. The van der Waals surface area contributed by atoms with Gasteiger partial charge in [-0.1, -0.05) is 17.7 Å². The highest BCUT2D eigenvalue weighted by Gasteiger charge is 2.14. The summed E-state index contributed by atoms with van der Waals surface area (Å²) in [5.41, 5.74) is 0. The van der Waals surface area contributed by atoms with Crippen LogP contribution in [-0.4, -0.2) is 40.0 Å². The third-order valence-corrected chi connectivity index (χ3v) is 4.40. The molecule has 1 amide bonds. The Morgan fingerprint density at radius 3 is 2.61 bits per heavy atom. The van der Waals surface area contributed by atoms with Gasteiger partial charge in [0.05, 0.1) is 17.9 Å². The zero-order valence-corrected chi connectivity index (χ0v) is 14.2. The molecule has 128 valence electrons. The third kappa shape index (κ3) is 7.45. The van der Waals surface area contributed by atoms with Crippen molar-refractivity contribution in [2.24, 2.45) is 0 Å². The minimum absolute atomic E-state index is 0.0349. The first-order chi connectivity index (χ1) is 10.8. The van der Waals surface area contributed by atoms with Crippen molar-refractivity contribution in [3.05, 3.63) is 29.3 Å². The maximum absolute atomic E-state index is 12.0. The molecular formula is C14H19ClN2O5S. The lowest BCUT2D eigenvalue weighted by atomic mass is 10.3. The molecule has 0 fully saturated rings. The average Bonchev–Trinajstić information content (AvgIpc) is 2.47. The van der Waals surface area contributed by atoms with E-state index in [4.69, 9.17) is 16.3 Å². The highest BCUT2D eigenvalue weighted by molar-refractivity contribution is 7.89. The first-order valence-electron chi connectivity index (χ1n) is 7.02. The van der Waals surface area contributed by atoms with Crippen LogP contribution in [0.1, 0.15) is 19.8 Å². The zero-order chi connectivity index (χ0) is 17.3. The summed E-state index contributed by atoms with van der Waals surface area (Å²) in [7, 11) is -3.71. The number of carbonyl (C=O) groups excluding carboxylic acids is 2. The molecule has 0 spiro atoms. The van der Waals surface area contributed by atoms with Crippen molar-refractivity contribution in [3.8, 4) is 0 Å². The van der Waals surface area contributed by atoms with Gasteiger partial charge < -0.3 is 10.1 Å². The number of carbonyl (C=O) groups is 2. The molecule has 0 aromatic heterocycles. The lowest BCUT2D eigenvalue weighted by Gasteiger charge is -2.08. The van der Waals surface area contributed by atoms with Crippen LogP contribution >= 0.6 is 11.6 Å². The van der Waals surface area contributed by atoms with Crippen LogP contribution in [-0.2, 0) is 24.3 Å². The smallest absolute Gasteiger partial charge is 0.307 e. The molecule has 0 unspecified atom stereocenters. The highest BCUT2D eigenvalue weighted by atomic mass is 35.5. The van der Waals surface area contributed by atoms with Gasteiger partial charge in [0.25, 0.3) is 0 Å². The molecule has 1 rings (SSSR count). The first-order valence-corrected chi connectivity index (χ1v) is 8.89. The minimum Gasteiger partial charge on any atom is -0.466 e. The zero-order valence-electron chi connectivity index (χ0n) is 12.7. The average molecular weight is 363 g/mol. The number of rotatable bonds is 9. The largest absolute Gasteiger partial charge is 0.466 e. The van der Waals surface area contributed by atoms with Crippen molar-refractivity contribution in [1.82, 2.24) is 10.0 Å². The Hall–Kier alpha value is -1.64. The number of ether oxygens (including phenoxy) is 1. The van der Waals surface area contributed by atoms with Gasteiger partial charge in [-0.05, 0) is 25.1 Å². The Kier molecular flexibility index (Phi) is 8.01. The molecule has 0 saturated carbocycles. The van der Waals surface area contributed by atoms with E-state index in [1.54, 1.807) is 13.0 Å².